The standard InChI is InChI=1S/C35H46N4OS3/c1-2-3-4-5-6-7-8-9-10-11-12-13-14-21-26-42-31-27-30(40)34(32(33(31)41)28-22-17-15-18-23-28)43-35-36-37-38-39(35)29-24-19-16-20-25-29/h15-20,22-25,27,40-41H,2-14,21,26H2,1H3. The van der Waals surface area contributed by atoms with Crippen LogP contribution in [0.4, 0.5) is 0 Å². The number of phenolic OH excluding ortho intramolecular Hbond substituents is 1. The summed E-state index contributed by atoms with van der Waals surface area (Å²) in [5.74, 6) is 1.23. The first-order valence-electron chi connectivity index (χ1n) is 16.0. The highest BCUT2D eigenvalue weighted by Crippen LogP contribution is 2.48. The van der Waals surface area contributed by atoms with Gasteiger partial charge in [0.1, 0.15) is 5.75 Å². The fraction of sp³-hybridized carbons (Fsp3) is 0.457. The van der Waals surface area contributed by atoms with Gasteiger partial charge in [-0.3, -0.25) is 0 Å². The molecule has 1 N–H and O–H groups in total. The van der Waals surface area contributed by atoms with E-state index in [0.29, 0.717) is 10.1 Å². The van der Waals surface area contributed by atoms with Crippen LogP contribution in [0.25, 0.3) is 16.8 Å². The summed E-state index contributed by atoms with van der Waals surface area (Å²) in [6, 6.07) is 21.8. The first-order valence-corrected chi connectivity index (χ1v) is 18.2. The number of unbranched alkanes of at least 4 members (excludes halogenated alkanes) is 13. The van der Waals surface area contributed by atoms with Crippen molar-refractivity contribution in [1.29, 1.82) is 0 Å². The lowest BCUT2D eigenvalue weighted by Gasteiger charge is -2.17. The molecule has 230 valence electrons. The number of thioether (sulfide) groups is 1. The second kappa shape index (κ2) is 19.1. The van der Waals surface area contributed by atoms with Crippen molar-refractivity contribution in [2.24, 2.45) is 0 Å². The van der Waals surface area contributed by atoms with E-state index in [4.69, 9.17) is 12.6 Å². The molecule has 0 atom stereocenters. The van der Waals surface area contributed by atoms with Gasteiger partial charge in [-0.05, 0) is 58.1 Å². The SMILES string of the molecule is CCCCCCCCCCCCCCCCSc1cc(O)c(Sc2nnnn2-c2ccccc2)c(-c2ccccc2)c1S. The number of para-hydroxylation sites is 1. The average molecular weight is 635 g/mol. The maximum Gasteiger partial charge on any atom is 0.219 e. The van der Waals surface area contributed by atoms with Crippen LogP contribution in [-0.2, 0) is 0 Å². The van der Waals surface area contributed by atoms with Crippen LogP contribution in [0, 0.1) is 0 Å². The van der Waals surface area contributed by atoms with E-state index in [1.54, 1.807) is 16.4 Å². The molecule has 0 aliphatic rings. The molecule has 4 rings (SSSR count). The van der Waals surface area contributed by atoms with Crippen LogP contribution in [0.1, 0.15) is 96.8 Å². The molecule has 0 radical (unpaired) electrons. The number of aromatic nitrogens is 4. The van der Waals surface area contributed by atoms with Crippen molar-refractivity contribution in [2.45, 2.75) is 117 Å². The Hall–Kier alpha value is -2.42. The molecule has 8 heteroatoms. The smallest absolute Gasteiger partial charge is 0.219 e. The Morgan fingerprint density at radius 2 is 1.30 bits per heavy atom. The Morgan fingerprint density at radius 1 is 0.744 bits per heavy atom. The van der Waals surface area contributed by atoms with Gasteiger partial charge in [-0.15, -0.1) is 29.5 Å². The zero-order valence-corrected chi connectivity index (χ0v) is 28.0. The first kappa shape index (κ1) is 33.5. The van der Waals surface area contributed by atoms with Crippen molar-refractivity contribution >= 4 is 36.2 Å². The number of nitrogens with zero attached hydrogens (tertiary/aromatic N) is 4. The number of tetrazole rings is 1. The van der Waals surface area contributed by atoms with E-state index in [0.717, 1.165) is 32.4 Å². The number of benzene rings is 3. The van der Waals surface area contributed by atoms with Gasteiger partial charge < -0.3 is 5.11 Å². The fourth-order valence-corrected chi connectivity index (χ4v) is 7.80. The summed E-state index contributed by atoms with van der Waals surface area (Å²) in [5.41, 5.74) is 2.77. The van der Waals surface area contributed by atoms with Crippen LogP contribution in [0.3, 0.4) is 0 Å². The minimum atomic E-state index is 0.215. The number of hydrogen-bond donors (Lipinski definition) is 2. The molecule has 0 aliphatic carbocycles. The highest BCUT2D eigenvalue weighted by molar-refractivity contribution is 8.00. The number of rotatable bonds is 20. The van der Waals surface area contributed by atoms with Crippen LogP contribution in [0.2, 0.25) is 0 Å². The molecule has 0 unspecified atom stereocenters. The summed E-state index contributed by atoms with van der Waals surface area (Å²) in [4.78, 5) is 2.58. The second-order valence-corrected chi connectivity index (χ2v) is 13.6. The van der Waals surface area contributed by atoms with E-state index < -0.39 is 0 Å². The van der Waals surface area contributed by atoms with Crippen LogP contribution in [0.5, 0.6) is 5.75 Å². The van der Waals surface area contributed by atoms with Gasteiger partial charge in [-0.25, -0.2) is 0 Å². The lowest BCUT2D eigenvalue weighted by molar-refractivity contribution is 0.460. The molecule has 3 aromatic carbocycles. The molecule has 0 spiro atoms. The maximum atomic E-state index is 11.3. The molecule has 4 aromatic rings. The molecular formula is C35H46N4OS3. The molecule has 0 saturated heterocycles. The van der Waals surface area contributed by atoms with Crippen LogP contribution in [-0.4, -0.2) is 31.1 Å². The molecule has 0 bridgehead atoms. The Morgan fingerprint density at radius 3 is 1.91 bits per heavy atom. The molecule has 1 heterocycles. The first-order chi connectivity index (χ1) is 21.2. The van der Waals surface area contributed by atoms with E-state index in [1.807, 2.05) is 54.6 Å². The summed E-state index contributed by atoms with van der Waals surface area (Å²) in [7, 11) is 0. The zero-order valence-electron chi connectivity index (χ0n) is 25.5. The van der Waals surface area contributed by atoms with Crippen LogP contribution >= 0.6 is 36.2 Å². The van der Waals surface area contributed by atoms with Crippen molar-refractivity contribution in [3.8, 4) is 22.6 Å². The minimum absolute atomic E-state index is 0.215. The highest BCUT2D eigenvalue weighted by Gasteiger charge is 2.22. The predicted molar refractivity (Wildman–Crippen MR) is 185 cm³/mol. The predicted octanol–water partition coefficient (Wildman–Crippen LogP) is 11.0. The molecule has 5 nitrogen and oxygen atoms in total. The highest BCUT2D eigenvalue weighted by atomic mass is 32.2. The largest absolute Gasteiger partial charge is 0.507 e. The molecule has 0 fully saturated rings. The maximum absolute atomic E-state index is 11.3. The quantitative estimate of drug-likeness (QED) is 0.0573. The Labute approximate surface area is 272 Å². The summed E-state index contributed by atoms with van der Waals surface area (Å²) >= 11 is 8.14. The van der Waals surface area contributed by atoms with Crippen LogP contribution < -0.4 is 0 Å². The zero-order chi connectivity index (χ0) is 30.1. The lowest BCUT2D eigenvalue weighted by Crippen LogP contribution is -1.99. The van der Waals surface area contributed by atoms with Crippen molar-refractivity contribution in [3.63, 3.8) is 0 Å². The fourth-order valence-electron chi connectivity index (χ4n) is 5.25. The second-order valence-electron chi connectivity index (χ2n) is 11.1. The van der Waals surface area contributed by atoms with Crippen molar-refractivity contribution < 1.29 is 5.11 Å². The average Bonchev–Trinajstić information content (AvgIpc) is 3.50. The summed E-state index contributed by atoms with van der Waals surface area (Å²) < 4.78 is 1.69. The van der Waals surface area contributed by atoms with E-state index in [1.165, 1.54) is 102 Å². The molecule has 0 saturated carbocycles. The summed E-state index contributed by atoms with van der Waals surface area (Å²) in [6.45, 7) is 2.28. The van der Waals surface area contributed by atoms with Crippen molar-refractivity contribution in [2.75, 3.05) is 5.75 Å². The Bertz CT molecular complexity index is 1350. The van der Waals surface area contributed by atoms with E-state index in [2.05, 4.69) is 34.6 Å². The minimum Gasteiger partial charge on any atom is -0.507 e. The monoisotopic (exact) mass is 634 g/mol. The van der Waals surface area contributed by atoms with Gasteiger partial charge in [-0.2, -0.15) is 4.68 Å². The van der Waals surface area contributed by atoms with Crippen LogP contribution in [0.15, 0.2) is 86.6 Å². The number of aromatic hydroxyl groups is 1. The van der Waals surface area contributed by atoms with Gasteiger partial charge in [0.05, 0.1) is 10.6 Å². The van der Waals surface area contributed by atoms with E-state index in [9.17, 15) is 5.11 Å². The van der Waals surface area contributed by atoms with Crippen molar-refractivity contribution in [1.82, 2.24) is 20.2 Å². The third-order valence-corrected chi connectivity index (χ3v) is 10.4. The van der Waals surface area contributed by atoms with E-state index in [-0.39, 0.29) is 5.75 Å². The van der Waals surface area contributed by atoms with Gasteiger partial charge in [0.2, 0.25) is 5.16 Å². The molecule has 1 aromatic heterocycles. The molecular weight excluding hydrogens is 589 g/mol. The number of hydrogen-bond acceptors (Lipinski definition) is 7. The van der Waals surface area contributed by atoms with Gasteiger partial charge in [0, 0.05) is 15.4 Å². The number of thiol groups is 1. The normalized spacial score (nSPS) is 11.3. The number of phenols is 1. The van der Waals surface area contributed by atoms with Gasteiger partial charge >= 0.3 is 0 Å². The van der Waals surface area contributed by atoms with E-state index >= 15 is 0 Å². The molecule has 0 aliphatic heterocycles. The Balaban J connectivity index is 1.29. The third kappa shape index (κ3) is 10.6. The van der Waals surface area contributed by atoms with Crippen molar-refractivity contribution in [3.05, 3.63) is 66.7 Å². The topological polar surface area (TPSA) is 63.8 Å². The Kier molecular flexibility index (Phi) is 14.8. The molecule has 0 amide bonds. The van der Waals surface area contributed by atoms with Gasteiger partial charge in [0.25, 0.3) is 0 Å². The van der Waals surface area contributed by atoms with Gasteiger partial charge in [-0.1, -0.05) is 139 Å². The lowest BCUT2D eigenvalue weighted by atomic mass is 10.0. The third-order valence-electron chi connectivity index (χ3n) is 7.65. The van der Waals surface area contributed by atoms with Gasteiger partial charge in [0.15, 0.2) is 0 Å². The summed E-state index contributed by atoms with van der Waals surface area (Å²) in [6.07, 6.45) is 19.0. The summed E-state index contributed by atoms with van der Waals surface area (Å²) in [5, 5.41) is 24.2. The molecule has 43 heavy (non-hydrogen) atoms.